The third-order valence-electron chi connectivity index (χ3n) is 5.12. The van der Waals surface area contributed by atoms with E-state index in [1.807, 2.05) is 30.3 Å². The second kappa shape index (κ2) is 7.85. The number of alkyl halides is 3. The zero-order chi connectivity index (χ0) is 17.0. The standard InChI is InChI=1S/C18H25F3N2O/c19-18(20,21)17-12-15(22-13-14-4-2-1-3-5-14)6-9-23(17)16-7-10-24-11-8-16/h1-5,15-17,22H,6-13H2/t15?,17-/m0/s1. The molecule has 134 valence electrons. The SMILES string of the molecule is FC(F)(F)[C@@H]1CC(NCc2ccccc2)CCN1C1CCOCC1. The summed E-state index contributed by atoms with van der Waals surface area (Å²) in [6.45, 7) is 2.26. The van der Waals surface area contributed by atoms with Gasteiger partial charge < -0.3 is 10.1 Å². The summed E-state index contributed by atoms with van der Waals surface area (Å²) in [5.41, 5.74) is 1.10. The quantitative estimate of drug-likeness (QED) is 0.908. The van der Waals surface area contributed by atoms with Crippen LogP contribution in [0.15, 0.2) is 30.3 Å². The van der Waals surface area contributed by atoms with Crippen LogP contribution in [0.5, 0.6) is 0 Å². The molecule has 3 nitrogen and oxygen atoms in total. The van der Waals surface area contributed by atoms with Gasteiger partial charge in [0.05, 0.1) is 0 Å². The van der Waals surface area contributed by atoms with Crippen molar-refractivity contribution in [2.24, 2.45) is 0 Å². The lowest BCUT2D eigenvalue weighted by atomic mass is 9.92. The summed E-state index contributed by atoms with van der Waals surface area (Å²) in [5, 5.41) is 3.31. The summed E-state index contributed by atoms with van der Waals surface area (Å²) in [5.74, 6) is 0. The molecule has 0 aliphatic carbocycles. The number of likely N-dealkylation sites (tertiary alicyclic amines) is 1. The van der Waals surface area contributed by atoms with Crippen molar-refractivity contribution in [3.8, 4) is 0 Å². The highest BCUT2D eigenvalue weighted by Crippen LogP contribution is 2.35. The highest BCUT2D eigenvalue weighted by molar-refractivity contribution is 5.14. The maximum atomic E-state index is 13.6. The lowest BCUT2D eigenvalue weighted by Gasteiger charge is -2.45. The van der Waals surface area contributed by atoms with Gasteiger partial charge in [0.25, 0.3) is 0 Å². The first-order valence-corrected chi connectivity index (χ1v) is 8.71. The van der Waals surface area contributed by atoms with E-state index in [0.717, 1.165) is 12.0 Å². The van der Waals surface area contributed by atoms with E-state index in [0.29, 0.717) is 39.1 Å². The van der Waals surface area contributed by atoms with E-state index in [-0.39, 0.29) is 18.5 Å². The maximum absolute atomic E-state index is 13.6. The second-order valence-electron chi connectivity index (χ2n) is 6.73. The molecule has 2 fully saturated rings. The highest BCUT2D eigenvalue weighted by Gasteiger charge is 2.48. The zero-order valence-electron chi connectivity index (χ0n) is 13.8. The Morgan fingerprint density at radius 2 is 1.79 bits per heavy atom. The predicted molar refractivity (Wildman–Crippen MR) is 86.7 cm³/mol. The molecule has 2 aliphatic heterocycles. The Labute approximate surface area is 141 Å². The van der Waals surface area contributed by atoms with Crippen molar-refractivity contribution in [3.05, 3.63) is 35.9 Å². The molecule has 0 aromatic heterocycles. The second-order valence-corrected chi connectivity index (χ2v) is 6.73. The Bertz CT molecular complexity index is 503. The summed E-state index contributed by atoms with van der Waals surface area (Å²) in [7, 11) is 0. The normalized spacial score (nSPS) is 27.3. The van der Waals surface area contributed by atoms with Crippen LogP contribution in [-0.4, -0.2) is 49.0 Å². The number of ether oxygens (including phenoxy) is 1. The maximum Gasteiger partial charge on any atom is 0.404 e. The van der Waals surface area contributed by atoms with Crippen molar-refractivity contribution in [1.29, 1.82) is 0 Å². The Morgan fingerprint density at radius 1 is 1.08 bits per heavy atom. The number of rotatable bonds is 4. The van der Waals surface area contributed by atoms with Crippen LogP contribution in [0.2, 0.25) is 0 Å². The van der Waals surface area contributed by atoms with Gasteiger partial charge in [0.2, 0.25) is 0 Å². The molecule has 0 amide bonds. The number of benzene rings is 1. The van der Waals surface area contributed by atoms with Crippen molar-refractivity contribution >= 4 is 0 Å². The number of halogens is 3. The van der Waals surface area contributed by atoms with Gasteiger partial charge in [-0.15, -0.1) is 0 Å². The van der Waals surface area contributed by atoms with Gasteiger partial charge in [-0.05, 0) is 31.2 Å². The van der Waals surface area contributed by atoms with Gasteiger partial charge >= 0.3 is 6.18 Å². The predicted octanol–water partition coefficient (Wildman–Crippen LogP) is 3.35. The minimum Gasteiger partial charge on any atom is -0.381 e. The number of nitrogens with zero attached hydrogens (tertiary/aromatic N) is 1. The van der Waals surface area contributed by atoms with Crippen LogP contribution in [0.1, 0.15) is 31.2 Å². The number of hydrogen-bond donors (Lipinski definition) is 1. The van der Waals surface area contributed by atoms with E-state index in [1.54, 1.807) is 4.90 Å². The number of piperidine rings is 1. The Morgan fingerprint density at radius 3 is 2.46 bits per heavy atom. The summed E-state index contributed by atoms with van der Waals surface area (Å²) in [6, 6.07) is 8.38. The summed E-state index contributed by atoms with van der Waals surface area (Å²) >= 11 is 0. The molecule has 3 rings (SSSR count). The molecule has 2 heterocycles. The Balaban J connectivity index is 1.60. The van der Waals surface area contributed by atoms with E-state index < -0.39 is 12.2 Å². The van der Waals surface area contributed by atoms with E-state index in [9.17, 15) is 13.2 Å². The lowest BCUT2D eigenvalue weighted by molar-refractivity contribution is -0.203. The molecule has 1 unspecified atom stereocenters. The van der Waals surface area contributed by atoms with E-state index >= 15 is 0 Å². The molecule has 0 spiro atoms. The van der Waals surface area contributed by atoms with Crippen molar-refractivity contribution in [2.75, 3.05) is 19.8 Å². The van der Waals surface area contributed by atoms with Crippen LogP contribution in [0.4, 0.5) is 13.2 Å². The fourth-order valence-electron chi connectivity index (χ4n) is 3.80. The molecule has 0 radical (unpaired) electrons. The van der Waals surface area contributed by atoms with Crippen LogP contribution in [-0.2, 0) is 11.3 Å². The minimum atomic E-state index is -4.18. The third-order valence-corrected chi connectivity index (χ3v) is 5.12. The van der Waals surface area contributed by atoms with E-state index in [4.69, 9.17) is 4.74 Å². The Kier molecular flexibility index (Phi) is 5.79. The fraction of sp³-hybridized carbons (Fsp3) is 0.667. The van der Waals surface area contributed by atoms with Crippen LogP contribution in [0.25, 0.3) is 0 Å². The first-order valence-electron chi connectivity index (χ1n) is 8.71. The largest absolute Gasteiger partial charge is 0.404 e. The van der Waals surface area contributed by atoms with Gasteiger partial charge in [0.1, 0.15) is 6.04 Å². The summed E-state index contributed by atoms with van der Waals surface area (Å²) < 4.78 is 46.0. The summed E-state index contributed by atoms with van der Waals surface area (Å²) in [6.07, 6.45) is -1.88. The third kappa shape index (κ3) is 4.49. The van der Waals surface area contributed by atoms with Crippen molar-refractivity contribution < 1.29 is 17.9 Å². The first-order chi connectivity index (χ1) is 11.5. The first kappa shape index (κ1) is 17.7. The molecule has 0 saturated carbocycles. The van der Waals surface area contributed by atoms with Crippen LogP contribution in [0, 0.1) is 0 Å². The molecule has 1 aromatic rings. The molecule has 6 heteroatoms. The van der Waals surface area contributed by atoms with Gasteiger partial charge in [0, 0.05) is 38.4 Å². The van der Waals surface area contributed by atoms with E-state index in [2.05, 4.69) is 5.32 Å². The molecule has 0 bridgehead atoms. The lowest BCUT2D eigenvalue weighted by Crippen LogP contribution is -2.58. The molecule has 1 N–H and O–H groups in total. The average Bonchev–Trinajstić information content (AvgIpc) is 2.61. The fourth-order valence-corrected chi connectivity index (χ4v) is 3.80. The molecular weight excluding hydrogens is 317 g/mol. The molecule has 2 saturated heterocycles. The van der Waals surface area contributed by atoms with E-state index in [1.165, 1.54) is 0 Å². The number of hydrogen-bond acceptors (Lipinski definition) is 3. The van der Waals surface area contributed by atoms with Crippen molar-refractivity contribution in [3.63, 3.8) is 0 Å². The average molecular weight is 342 g/mol. The van der Waals surface area contributed by atoms with Gasteiger partial charge in [-0.25, -0.2) is 0 Å². The van der Waals surface area contributed by atoms with Crippen LogP contribution < -0.4 is 5.32 Å². The molecule has 1 aromatic carbocycles. The van der Waals surface area contributed by atoms with Gasteiger partial charge in [-0.2, -0.15) is 13.2 Å². The topological polar surface area (TPSA) is 24.5 Å². The highest BCUT2D eigenvalue weighted by atomic mass is 19.4. The van der Waals surface area contributed by atoms with Gasteiger partial charge in [-0.1, -0.05) is 30.3 Å². The van der Waals surface area contributed by atoms with Crippen LogP contribution >= 0.6 is 0 Å². The van der Waals surface area contributed by atoms with Crippen LogP contribution in [0.3, 0.4) is 0 Å². The Hall–Kier alpha value is -1.11. The smallest absolute Gasteiger partial charge is 0.381 e. The summed E-state index contributed by atoms with van der Waals surface area (Å²) in [4.78, 5) is 1.68. The minimum absolute atomic E-state index is 0.000415. The molecule has 2 aliphatic rings. The number of nitrogens with one attached hydrogen (secondary N) is 1. The molecule has 24 heavy (non-hydrogen) atoms. The van der Waals surface area contributed by atoms with Gasteiger partial charge in [-0.3, -0.25) is 4.90 Å². The van der Waals surface area contributed by atoms with Crippen molar-refractivity contribution in [1.82, 2.24) is 10.2 Å². The van der Waals surface area contributed by atoms with Gasteiger partial charge in [0.15, 0.2) is 0 Å². The van der Waals surface area contributed by atoms with Crippen molar-refractivity contribution in [2.45, 2.75) is 56.5 Å². The molecular formula is C18H25F3N2O. The molecule has 2 atom stereocenters. The monoisotopic (exact) mass is 342 g/mol. The zero-order valence-corrected chi connectivity index (χ0v) is 13.8.